The lowest BCUT2D eigenvalue weighted by atomic mass is 10.1. The largest absolute Gasteiger partial charge is 0.389 e. The molecule has 4 rings (SSSR count). The summed E-state index contributed by atoms with van der Waals surface area (Å²) >= 11 is 7.91. The summed E-state index contributed by atoms with van der Waals surface area (Å²) in [5.74, 6) is 1.69. The van der Waals surface area contributed by atoms with Crippen molar-refractivity contribution in [2.45, 2.75) is 32.4 Å². The summed E-state index contributed by atoms with van der Waals surface area (Å²) in [6.07, 6.45) is 1.96. The Bertz CT molecular complexity index is 1220. The number of hydrogen-bond acceptors (Lipinski definition) is 4. The molecular formula is C24H25ClF3N5S. The molecule has 3 heterocycles. The van der Waals surface area contributed by atoms with Gasteiger partial charge in [0.15, 0.2) is 5.15 Å². The smallest absolute Gasteiger partial charge is 0.341 e. The van der Waals surface area contributed by atoms with Crippen molar-refractivity contribution in [3.63, 3.8) is 0 Å². The van der Waals surface area contributed by atoms with Gasteiger partial charge in [0.25, 0.3) is 0 Å². The third-order valence-electron chi connectivity index (χ3n) is 5.48. The third kappa shape index (κ3) is 5.70. The van der Waals surface area contributed by atoms with Gasteiger partial charge in [-0.2, -0.15) is 30.0 Å². The number of halogens is 4. The molecule has 34 heavy (non-hydrogen) atoms. The first-order valence-electron chi connectivity index (χ1n) is 11.0. The Morgan fingerprint density at radius 1 is 1.15 bits per heavy atom. The van der Waals surface area contributed by atoms with Crippen LogP contribution in [0.5, 0.6) is 0 Å². The Labute approximate surface area is 205 Å². The number of nitrogens with one attached hydrogen (secondary N) is 1. The van der Waals surface area contributed by atoms with Crippen molar-refractivity contribution in [3.05, 3.63) is 65.7 Å². The van der Waals surface area contributed by atoms with Gasteiger partial charge in [-0.15, -0.1) is 0 Å². The number of H-pyrrole nitrogens is 1. The molecule has 0 amide bonds. The van der Waals surface area contributed by atoms with Gasteiger partial charge in [0.05, 0.1) is 24.5 Å². The average molecular weight is 508 g/mol. The molecule has 3 aromatic heterocycles. The van der Waals surface area contributed by atoms with E-state index in [9.17, 15) is 13.2 Å². The number of benzene rings is 1. The van der Waals surface area contributed by atoms with Crippen LogP contribution in [0.25, 0.3) is 16.6 Å². The monoisotopic (exact) mass is 507 g/mol. The summed E-state index contributed by atoms with van der Waals surface area (Å²) < 4.78 is 38.9. The molecule has 0 spiro atoms. The first kappa shape index (κ1) is 24.5. The van der Waals surface area contributed by atoms with Crippen LogP contribution in [0.2, 0.25) is 5.15 Å². The van der Waals surface area contributed by atoms with Gasteiger partial charge in [-0.05, 0) is 43.7 Å². The van der Waals surface area contributed by atoms with E-state index in [1.165, 1.54) is 11.8 Å². The summed E-state index contributed by atoms with van der Waals surface area (Å²) in [5.41, 5.74) is 3.70. The number of fused-ring (bicyclic) bond motifs is 1. The topological polar surface area (TPSA) is 49.7 Å². The number of hydrogen-bond donors (Lipinski definition) is 1. The molecule has 0 aliphatic rings. The van der Waals surface area contributed by atoms with Gasteiger partial charge in [-0.3, -0.25) is 4.98 Å². The number of aryl methyl sites for hydroxylation is 1. The molecule has 5 nitrogen and oxygen atoms in total. The van der Waals surface area contributed by atoms with E-state index in [0.717, 1.165) is 46.5 Å². The third-order valence-corrected chi connectivity index (χ3v) is 6.81. The Hall–Kier alpha value is -2.65. The van der Waals surface area contributed by atoms with Crippen molar-refractivity contribution >= 4 is 45.8 Å². The lowest BCUT2D eigenvalue weighted by Crippen LogP contribution is -2.18. The van der Waals surface area contributed by atoms with Crippen molar-refractivity contribution in [3.8, 4) is 5.69 Å². The highest BCUT2D eigenvalue weighted by Gasteiger charge is 2.26. The van der Waals surface area contributed by atoms with Crippen LogP contribution >= 0.6 is 23.4 Å². The van der Waals surface area contributed by atoms with E-state index in [4.69, 9.17) is 11.6 Å². The molecule has 1 N–H and O–H groups in total. The molecule has 180 valence electrons. The lowest BCUT2D eigenvalue weighted by molar-refractivity contribution is -0.129. The van der Waals surface area contributed by atoms with Crippen molar-refractivity contribution in [1.29, 1.82) is 0 Å². The zero-order valence-corrected chi connectivity index (χ0v) is 20.2. The van der Waals surface area contributed by atoms with Gasteiger partial charge in [0, 0.05) is 35.0 Å². The molecule has 0 fully saturated rings. The quantitative estimate of drug-likeness (QED) is 0.231. The van der Waals surface area contributed by atoms with E-state index in [-0.39, 0.29) is 5.75 Å². The highest BCUT2D eigenvalue weighted by Crippen LogP contribution is 2.37. The van der Waals surface area contributed by atoms with Gasteiger partial charge in [0.1, 0.15) is 11.5 Å². The minimum absolute atomic E-state index is 0.0917. The van der Waals surface area contributed by atoms with Crippen LogP contribution in [0, 0.1) is 0 Å². The zero-order valence-electron chi connectivity index (χ0n) is 18.6. The number of para-hydroxylation sites is 1. The standard InChI is InChI=1S/C24H25ClF3N5S/c1-2-32(21-16-33(31-22(21)25)17-7-5-12-29-15-17)23-19(18-8-3-4-10-20(18)30-23)9-6-13-34-14-11-24(26,27)28/h3-5,7-8,10,12,15-16,30H,2,6,9,11,13-14H2,1H3. The number of thioether (sulfide) groups is 1. The van der Waals surface area contributed by atoms with Gasteiger partial charge < -0.3 is 9.88 Å². The summed E-state index contributed by atoms with van der Waals surface area (Å²) in [6, 6.07) is 11.8. The Morgan fingerprint density at radius 2 is 1.97 bits per heavy atom. The summed E-state index contributed by atoms with van der Waals surface area (Å²) in [7, 11) is 0. The Balaban J connectivity index is 1.58. The molecule has 0 saturated carbocycles. The van der Waals surface area contributed by atoms with E-state index in [0.29, 0.717) is 17.5 Å². The fourth-order valence-electron chi connectivity index (χ4n) is 3.91. The summed E-state index contributed by atoms with van der Waals surface area (Å²) in [6.45, 7) is 2.69. The molecule has 0 saturated heterocycles. The zero-order chi connectivity index (χ0) is 24.1. The number of aromatic nitrogens is 4. The van der Waals surface area contributed by atoms with Crippen LogP contribution in [0.1, 0.15) is 25.3 Å². The van der Waals surface area contributed by atoms with Gasteiger partial charge in [-0.1, -0.05) is 29.8 Å². The van der Waals surface area contributed by atoms with E-state index in [1.54, 1.807) is 17.1 Å². The second-order valence-electron chi connectivity index (χ2n) is 7.78. The minimum atomic E-state index is -4.10. The fraction of sp³-hybridized carbons (Fsp3) is 0.333. The molecule has 0 aliphatic carbocycles. The average Bonchev–Trinajstić information content (AvgIpc) is 3.38. The first-order valence-corrected chi connectivity index (χ1v) is 12.6. The van der Waals surface area contributed by atoms with Crippen LogP contribution in [0.4, 0.5) is 24.7 Å². The van der Waals surface area contributed by atoms with Crippen LogP contribution in [0.3, 0.4) is 0 Å². The normalized spacial score (nSPS) is 11.9. The number of anilines is 2. The van der Waals surface area contributed by atoms with Crippen LogP contribution in [-0.4, -0.2) is 44.0 Å². The lowest BCUT2D eigenvalue weighted by Gasteiger charge is -2.22. The minimum Gasteiger partial charge on any atom is -0.341 e. The highest BCUT2D eigenvalue weighted by atomic mass is 35.5. The molecule has 1 aromatic carbocycles. The molecule has 0 unspecified atom stereocenters. The van der Waals surface area contributed by atoms with Gasteiger partial charge in [0.2, 0.25) is 0 Å². The molecule has 0 aliphatic heterocycles. The van der Waals surface area contributed by atoms with E-state index in [1.807, 2.05) is 43.5 Å². The van der Waals surface area contributed by atoms with E-state index < -0.39 is 12.6 Å². The van der Waals surface area contributed by atoms with E-state index in [2.05, 4.69) is 26.0 Å². The van der Waals surface area contributed by atoms with Crippen molar-refractivity contribution in [2.75, 3.05) is 23.0 Å². The molecular weight excluding hydrogens is 483 g/mol. The second-order valence-corrected chi connectivity index (χ2v) is 9.37. The predicted octanol–water partition coefficient (Wildman–Crippen LogP) is 7.18. The second kappa shape index (κ2) is 10.7. The van der Waals surface area contributed by atoms with Crippen LogP contribution < -0.4 is 4.90 Å². The van der Waals surface area contributed by atoms with Crippen LogP contribution in [-0.2, 0) is 6.42 Å². The predicted molar refractivity (Wildman–Crippen MR) is 134 cm³/mol. The summed E-state index contributed by atoms with van der Waals surface area (Å²) in [5, 5.41) is 5.94. The van der Waals surface area contributed by atoms with Gasteiger partial charge >= 0.3 is 6.18 Å². The number of alkyl halides is 3. The molecule has 4 aromatic rings. The molecule has 0 atom stereocenters. The maximum absolute atomic E-state index is 12.4. The maximum atomic E-state index is 12.4. The Morgan fingerprint density at radius 3 is 2.71 bits per heavy atom. The van der Waals surface area contributed by atoms with Crippen molar-refractivity contribution in [2.24, 2.45) is 0 Å². The van der Waals surface area contributed by atoms with Crippen molar-refractivity contribution < 1.29 is 13.2 Å². The number of nitrogens with zero attached hydrogens (tertiary/aromatic N) is 4. The SMILES string of the molecule is CCN(c1cn(-c2cccnc2)nc1Cl)c1[nH]c2ccccc2c1CCCSCCC(F)(F)F. The van der Waals surface area contributed by atoms with E-state index >= 15 is 0 Å². The van der Waals surface area contributed by atoms with Crippen LogP contribution in [0.15, 0.2) is 55.0 Å². The Kier molecular flexibility index (Phi) is 7.73. The maximum Gasteiger partial charge on any atom is 0.389 e. The first-order chi connectivity index (χ1) is 16.4. The molecule has 10 heteroatoms. The number of aromatic amines is 1. The fourth-order valence-corrected chi connectivity index (χ4v) is 5.07. The van der Waals surface area contributed by atoms with Crippen molar-refractivity contribution in [1.82, 2.24) is 19.7 Å². The highest BCUT2D eigenvalue weighted by molar-refractivity contribution is 7.99. The number of pyridine rings is 1. The number of rotatable bonds is 10. The van der Waals surface area contributed by atoms with Gasteiger partial charge in [-0.25, -0.2) is 4.68 Å². The molecule has 0 bridgehead atoms. The summed E-state index contributed by atoms with van der Waals surface area (Å²) in [4.78, 5) is 9.76. The molecule has 0 radical (unpaired) electrons.